The van der Waals surface area contributed by atoms with E-state index in [0.717, 1.165) is 41.1 Å². The molecule has 1 aromatic heterocycles. The van der Waals surface area contributed by atoms with E-state index in [9.17, 15) is 22.8 Å². The lowest BCUT2D eigenvalue weighted by Gasteiger charge is -2.34. The van der Waals surface area contributed by atoms with Crippen molar-refractivity contribution in [1.29, 1.82) is 0 Å². The summed E-state index contributed by atoms with van der Waals surface area (Å²) in [5.74, 6) is -0.652. The van der Waals surface area contributed by atoms with Crippen LogP contribution in [-0.4, -0.2) is 64.7 Å². The van der Waals surface area contributed by atoms with Gasteiger partial charge in [-0.05, 0) is 59.6 Å². The first-order chi connectivity index (χ1) is 24.6. The van der Waals surface area contributed by atoms with Crippen LogP contribution in [0.2, 0.25) is 0 Å². The molecular formula is C42H41F3N4O2. The maximum atomic E-state index is 14.4. The van der Waals surface area contributed by atoms with E-state index in [-0.39, 0.29) is 18.9 Å². The van der Waals surface area contributed by atoms with Gasteiger partial charge >= 0.3 is 6.18 Å². The molecule has 262 valence electrons. The summed E-state index contributed by atoms with van der Waals surface area (Å²) >= 11 is 0. The van der Waals surface area contributed by atoms with Crippen LogP contribution in [0.15, 0.2) is 140 Å². The van der Waals surface area contributed by atoms with Gasteiger partial charge in [-0.1, -0.05) is 103 Å². The summed E-state index contributed by atoms with van der Waals surface area (Å²) in [6.07, 6.45) is 0.336. The number of halogens is 3. The Labute approximate surface area is 297 Å². The number of benzene rings is 4. The minimum atomic E-state index is -4.46. The Hall–Kier alpha value is -5.54. The number of nitrogens with zero attached hydrogens (tertiary/aromatic N) is 4. The fraction of sp³-hybridized carbons (Fsp3) is 0.214. The zero-order valence-electron chi connectivity index (χ0n) is 28.7. The van der Waals surface area contributed by atoms with Gasteiger partial charge in [0, 0.05) is 57.5 Å². The fourth-order valence-electron chi connectivity index (χ4n) is 5.73. The summed E-state index contributed by atoms with van der Waals surface area (Å²) in [4.78, 5) is 38.3. The van der Waals surface area contributed by atoms with Gasteiger partial charge in [0.15, 0.2) is 0 Å². The maximum Gasteiger partial charge on any atom is 0.416 e. The third-order valence-corrected chi connectivity index (χ3v) is 8.63. The van der Waals surface area contributed by atoms with Crippen molar-refractivity contribution >= 4 is 17.9 Å². The van der Waals surface area contributed by atoms with Crippen molar-refractivity contribution in [3.8, 4) is 11.3 Å². The molecule has 1 atom stereocenters. The zero-order chi connectivity index (χ0) is 36.2. The summed E-state index contributed by atoms with van der Waals surface area (Å²) in [5, 5.41) is 0. The lowest BCUT2D eigenvalue weighted by atomic mass is 10.0. The number of carbonyl (C=O) groups is 2. The molecule has 0 unspecified atom stereocenters. The molecule has 2 amide bonds. The fourth-order valence-corrected chi connectivity index (χ4v) is 5.73. The van der Waals surface area contributed by atoms with E-state index in [1.165, 1.54) is 29.8 Å². The van der Waals surface area contributed by atoms with Crippen molar-refractivity contribution in [3.05, 3.63) is 167 Å². The second kappa shape index (κ2) is 17.4. The third-order valence-electron chi connectivity index (χ3n) is 8.63. The molecule has 0 fully saturated rings. The van der Waals surface area contributed by atoms with Crippen LogP contribution in [0.3, 0.4) is 0 Å². The molecule has 4 aromatic carbocycles. The number of hydrogen-bond donors (Lipinski definition) is 0. The van der Waals surface area contributed by atoms with Crippen molar-refractivity contribution in [1.82, 2.24) is 19.7 Å². The van der Waals surface area contributed by atoms with Gasteiger partial charge in [-0.2, -0.15) is 13.2 Å². The Bertz CT molecular complexity index is 1870. The Morgan fingerprint density at radius 3 is 1.92 bits per heavy atom. The largest absolute Gasteiger partial charge is 0.416 e. The number of carbonyl (C=O) groups excluding carboxylic acids is 2. The molecule has 0 spiro atoms. The molecule has 9 heteroatoms. The van der Waals surface area contributed by atoms with Gasteiger partial charge in [0.2, 0.25) is 11.8 Å². The molecule has 0 bridgehead atoms. The molecule has 1 heterocycles. The predicted octanol–water partition coefficient (Wildman–Crippen LogP) is 8.01. The Morgan fingerprint density at radius 2 is 1.31 bits per heavy atom. The van der Waals surface area contributed by atoms with E-state index < -0.39 is 23.7 Å². The molecule has 0 aliphatic rings. The van der Waals surface area contributed by atoms with E-state index in [1.807, 2.05) is 98.0 Å². The van der Waals surface area contributed by atoms with Crippen molar-refractivity contribution in [2.75, 3.05) is 27.2 Å². The smallest absolute Gasteiger partial charge is 0.343 e. The van der Waals surface area contributed by atoms with Crippen LogP contribution >= 0.6 is 0 Å². The summed E-state index contributed by atoms with van der Waals surface area (Å²) in [6, 6.07) is 36.7. The minimum absolute atomic E-state index is 0.129. The molecule has 51 heavy (non-hydrogen) atoms. The molecular weight excluding hydrogens is 649 g/mol. The quantitative estimate of drug-likeness (QED) is 0.111. The van der Waals surface area contributed by atoms with Gasteiger partial charge in [0.05, 0.1) is 11.3 Å². The highest BCUT2D eigenvalue weighted by molar-refractivity contribution is 5.95. The first kappa shape index (κ1) is 36.7. The number of pyridine rings is 1. The van der Waals surface area contributed by atoms with E-state index in [1.54, 1.807) is 23.0 Å². The topological polar surface area (TPSA) is 56.8 Å². The van der Waals surface area contributed by atoms with E-state index in [0.29, 0.717) is 18.7 Å². The monoisotopic (exact) mass is 690 g/mol. The number of rotatable bonds is 14. The van der Waals surface area contributed by atoms with E-state index >= 15 is 0 Å². The normalized spacial score (nSPS) is 12.2. The molecule has 0 saturated carbocycles. The Balaban J connectivity index is 1.42. The minimum Gasteiger partial charge on any atom is -0.343 e. The van der Waals surface area contributed by atoms with Gasteiger partial charge in [0.25, 0.3) is 0 Å². The summed E-state index contributed by atoms with van der Waals surface area (Å²) in [5.41, 5.74) is 4.25. The molecule has 0 aliphatic carbocycles. The van der Waals surface area contributed by atoms with Crippen LogP contribution in [0.1, 0.15) is 27.8 Å². The van der Waals surface area contributed by atoms with Gasteiger partial charge in [-0.3, -0.25) is 14.6 Å². The summed E-state index contributed by atoms with van der Waals surface area (Å²) in [7, 11) is 3.75. The van der Waals surface area contributed by atoms with Crippen LogP contribution in [0.25, 0.3) is 17.3 Å². The van der Waals surface area contributed by atoms with Crippen molar-refractivity contribution in [2.45, 2.75) is 31.7 Å². The lowest BCUT2D eigenvalue weighted by Crippen LogP contribution is -2.51. The van der Waals surface area contributed by atoms with Crippen molar-refractivity contribution < 1.29 is 22.8 Å². The highest BCUT2D eigenvalue weighted by Gasteiger charge is 2.32. The second-order valence-electron chi connectivity index (χ2n) is 12.5. The average Bonchev–Trinajstić information content (AvgIpc) is 3.15. The number of alkyl halides is 3. The van der Waals surface area contributed by atoms with Gasteiger partial charge in [-0.15, -0.1) is 0 Å². The Morgan fingerprint density at radius 1 is 0.706 bits per heavy atom. The summed E-state index contributed by atoms with van der Waals surface area (Å²) in [6.45, 7) is 1.91. The molecule has 0 radical (unpaired) electrons. The van der Waals surface area contributed by atoms with Crippen molar-refractivity contribution in [2.24, 2.45) is 0 Å². The van der Waals surface area contributed by atoms with E-state index in [2.05, 4.69) is 22.0 Å². The third kappa shape index (κ3) is 10.7. The van der Waals surface area contributed by atoms with Crippen LogP contribution < -0.4 is 0 Å². The number of amides is 2. The van der Waals surface area contributed by atoms with Gasteiger partial charge < -0.3 is 14.7 Å². The van der Waals surface area contributed by atoms with Crippen LogP contribution in [0.4, 0.5) is 13.2 Å². The molecule has 6 nitrogen and oxygen atoms in total. The van der Waals surface area contributed by atoms with Gasteiger partial charge in [0.1, 0.15) is 6.04 Å². The molecule has 0 N–H and O–H groups in total. The second-order valence-corrected chi connectivity index (χ2v) is 12.5. The highest BCUT2D eigenvalue weighted by Crippen LogP contribution is 2.29. The zero-order valence-corrected chi connectivity index (χ0v) is 28.7. The van der Waals surface area contributed by atoms with Gasteiger partial charge in [-0.25, -0.2) is 0 Å². The number of likely N-dealkylation sites (N-methyl/N-ethyl adjacent to an activating group) is 2. The first-order valence-corrected chi connectivity index (χ1v) is 16.7. The standard InChI is InChI=1S/C42H41F3N4O2/c1-47(30-34-13-7-4-8-14-34)27-28-48(2)41(51)39(29-33-11-5-3-6-12-33)49(31-35-16-21-36(22-17-35)38-15-9-10-26-46-38)40(50)25-20-32-18-23-37(24-19-32)42(43,44)45/h3-26,39H,27-31H2,1-2H3/t39-/m0/s1. The molecule has 5 aromatic rings. The number of hydrogen-bond acceptors (Lipinski definition) is 4. The predicted molar refractivity (Wildman–Crippen MR) is 195 cm³/mol. The highest BCUT2D eigenvalue weighted by atomic mass is 19.4. The Kier molecular flexibility index (Phi) is 12.5. The average molecular weight is 691 g/mol. The van der Waals surface area contributed by atoms with Crippen LogP contribution in [0, 0.1) is 0 Å². The molecule has 0 aliphatic heterocycles. The maximum absolute atomic E-state index is 14.4. The molecule has 5 rings (SSSR count). The lowest BCUT2D eigenvalue weighted by molar-refractivity contribution is -0.143. The van der Waals surface area contributed by atoms with Crippen molar-refractivity contribution in [3.63, 3.8) is 0 Å². The SMILES string of the molecule is CN(CCN(C)C(=O)[C@H](Cc1ccccc1)N(Cc1ccc(-c2ccccn2)cc1)C(=O)C=Cc1ccc(C(F)(F)F)cc1)Cc1ccccc1. The summed E-state index contributed by atoms with van der Waals surface area (Å²) < 4.78 is 39.5. The molecule has 0 saturated heterocycles. The number of aromatic nitrogens is 1. The first-order valence-electron chi connectivity index (χ1n) is 16.7. The van der Waals surface area contributed by atoms with Crippen LogP contribution in [-0.2, 0) is 35.3 Å². The van der Waals surface area contributed by atoms with E-state index in [4.69, 9.17) is 0 Å². The van der Waals surface area contributed by atoms with Crippen LogP contribution in [0.5, 0.6) is 0 Å².